The van der Waals surface area contributed by atoms with E-state index in [9.17, 15) is 14.4 Å². The number of thioether (sulfide) groups is 1. The molecule has 0 unspecified atom stereocenters. The van der Waals surface area contributed by atoms with E-state index in [1.807, 2.05) is 24.3 Å². The molecule has 4 aromatic rings. The van der Waals surface area contributed by atoms with E-state index in [0.29, 0.717) is 53.8 Å². The summed E-state index contributed by atoms with van der Waals surface area (Å²) in [5.74, 6) is 0.462. The first-order valence-corrected chi connectivity index (χ1v) is 13.0. The fourth-order valence-corrected chi connectivity index (χ4v) is 5.46. The Kier molecular flexibility index (Phi) is 8.56. The first-order valence-electron chi connectivity index (χ1n) is 11.2. The van der Waals surface area contributed by atoms with Crippen LogP contribution in [0.25, 0.3) is 20.3 Å². The topological polar surface area (TPSA) is 115 Å². The van der Waals surface area contributed by atoms with Gasteiger partial charge in [0.15, 0.2) is 5.16 Å². The molecular weight excluding hydrogens is 488 g/mol. The van der Waals surface area contributed by atoms with Gasteiger partial charge in [-0.25, -0.2) is 4.98 Å². The lowest BCUT2D eigenvalue weighted by molar-refractivity contribution is -0.121. The summed E-state index contributed by atoms with van der Waals surface area (Å²) >= 11 is 2.61. The van der Waals surface area contributed by atoms with Crippen LogP contribution in [-0.2, 0) is 27.4 Å². The predicted octanol–water partition coefficient (Wildman–Crippen LogP) is 3.16. The van der Waals surface area contributed by atoms with Crippen LogP contribution in [0.4, 0.5) is 0 Å². The van der Waals surface area contributed by atoms with E-state index in [2.05, 4.69) is 10.6 Å². The molecule has 1 aromatic carbocycles. The van der Waals surface area contributed by atoms with Gasteiger partial charge < -0.3 is 19.8 Å². The van der Waals surface area contributed by atoms with E-state index >= 15 is 0 Å². The highest BCUT2D eigenvalue weighted by Gasteiger charge is 2.17. The number of furan rings is 1. The molecule has 0 aliphatic carbocycles. The summed E-state index contributed by atoms with van der Waals surface area (Å²) in [5.41, 5.74) is 0.483. The number of nitrogens with zero attached hydrogens (tertiary/aromatic N) is 2. The number of thiophene rings is 1. The first kappa shape index (κ1) is 25.0. The Hall–Kier alpha value is -3.15. The molecule has 3 heterocycles. The van der Waals surface area contributed by atoms with Gasteiger partial charge in [-0.05, 0) is 24.6 Å². The van der Waals surface area contributed by atoms with Gasteiger partial charge >= 0.3 is 0 Å². The number of amides is 2. The van der Waals surface area contributed by atoms with Crippen molar-refractivity contribution in [1.82, 2.24) is 20.2 Å². The van der Waals surface area contributed by atoms with Crippen molar-refractivity contribution in [2.24, 2.45) is 0 Å². The van der Waals surface area contributed by atoms with Crippen molar-refractivity contribution in [3.63, 3.8) is 0 Å². The number of nitrogens with one attached hydrogen (secondary N) is 2. The Bertz CT molecular complexity index is 1360. The van der Waals surface area contributed by atoms with E-state index in [4.69, 9.17) is 14.1 Å². The van der Waals surface area contributed by atoms with Gasteiger partial charge in [-0.2, -0.15) is 0 Å². The smallest absolute Gasteiger partial charge is 0.272 e. The minimum Gasteiger partial charge on any atom is -0.467 e. The summed E-state index contributed by atoms with van der Waals surface area (Å²) in [5, 5.41) is 6.96. The lowest BCUT2D eigenvalue weighted by atomic mass is 10.2. The summed E-state index contributed by atoms with van der Waals surface area (Å²) in [6.07, 6.45) is 2.29. The Labute approximate surface area is 209 Å². The van der Waals surface area contributed by atoms with Crippen LogP contribution >= 0.6 is 23.1 Å². The van der Waals surface area contributed by atoms with Crippen LogP contribution in [0.15, 0.2) is 57.0 Å². The zero-order valence-corrected chi connectivity index (χ0v) is 20.9. The highest BCUT2D eigenvalue weighted by atomic mass is 32.2. The number of methoxy groups -OCH3 is 1. The van der Waals surface area contributed by atoms with E-state index in [0.717, 1.165) is 10.1 Å². The third-order valence-electron chi connectivity index (χ3n) is 5.23. The van der Waals surface area contributed by atoms with Crippen molar-refractivity contribution in [2.45, 2.75) is 31.1 Å². The fourth-order valence-electron chi connectivity index (χ4n) is 3.52. The molecule has 35 heavy (non-hydrogen) atoms. The second-order valence-corrected chi connectivity index (χ2v) is 9.71. The Morgan fingerprint density at radius 2 is 2.03 bits per heavy atom. The molecule has 3 aromatic heterocycles. The molecule has 0 saturated carbocycles. The fraction of sp³-hybridized carbons (Fsp3) is 0.333. The van der Waals surface area contributed by atoms with Crippen molar-refractivity contribution in [3.05, 3.63) is 58.8 Å². The molecule has 0 aliphatic heterocycles. The average molecular weight is 515 g/mol. The highest BCUT2D eigenvalue weighted by Crippen LogP contribution is 2.31. The Morgan fingerprint density at radius 3 is 2.83 bits per heavy atom. The number of hydrogen-bond acceptors (Lipinski definition) is 8. The minimum absolute atomic E-state index is 0.0955. The number of carbonyl (C=O) groups excluding carboxylic acids is 2. The highest BCUT2D eigenvalue weighted by molar-refractivity contribution is 7.99. The number of fused-ring (bicyclic) bond motifs is 3. The molecule has 0 spiro atoms. The van der Waals surface area contributed by atoms with Crippen molar-refractivity contribution in [3.8, 4) is 0 Å². The molecule has 0 saturated heterocycles. The molecular formula is C24H26N4O5S2. The van der Waals surface area contributed by atoms with E-state index in [1.165, 1.54) is 23.1 Å². The molecule has 184 valence electrons. The normalized spacial score (nSPS) is 11.2. The van der Waals surface area contributed by atoms with Crippen LogP contribution < -0.4 is 16.2 Å². The number of ether oxygens (including phenoxy) is 1. The third-order valence-corrected chi connectivity index (χ3v) is 7.36. The summed E-state index contributed by atoms with van der Waals surface area (Å²) in [6.45, 7) is 1.50. The van der Waals surface area contributed by atoms with E-state index in [1.54, 1.807) is 30.1 Å². The van der Waals surface area contributed by atoms with Gasteiger partial charge in [0.2, 0.25) is 11.8 Å². The standard InChI is InChI=1S/C24H26N4O5S2/c1-32-13-10-25-19(29)9-4-11-28-23(31)22-21(17-7-2-3-8-18(17)35-22)27-24(28)34-15-20(30)26-14-16-6-5-12-33-16/h2-3,5-8,12H,4,9-11,13-15H2,1H3,(H,25,29)(H,26,30). The van der Waals surface area contributed by atoms with Crippen LogP contribution in [0, 0.1) is 0 Å². The molecule has 0 radical (unpaired) electrons. The Balaban J connectivity index is 1.52. The minimum atomic E-state index is -0.194. The molecule has 4 rings (SSSR count). The van der Waals surface area contributed by atoms with Gasteiger partial charge in [0, 0.05) is 36.7 Å². The molecule has 0 bridgehead atoms. The molecule has 9 nitrogen and oxygen atoms in total. The molecule has 0 atom stereocenters. The van der Waals surface area contributed by atoms with Crippen molar-refractivity contribution >= 4 is 55.2 Å². The van der Waals surface area contributed by atoms with Crippen LogP contribution in [-0.4, -0.2) is 47.4 Å². The van der Waals surface area contributed by atoms with E-state index in [-0.39, 0.29) is 29.5 Å². The number of benzene rings is 1. The average Bonchev–Trinajstić information content (AvgIpc) is 3.51. The number of aromatic nitrogens is 2. The molecule has 0 aliphatic rings. The van der Waals surface area contributed by atoms with Gasteiger partial charge in [0.25, 0.3) is 5.56 Å². The Morgan fingerprint density at radius 1 is 1.17 bits per heavy atom. The van der Waals surface area contributed by atoms with Crippen molar-refractivity contribution in [1.29, 1.82) is 0 Å². The predicted molar refractivity (Wildman–Crippen MR) is 137 cm³/mol. The third kappa shape index (κ3) is 6.30. The lowest BCUT2D eigenvalue weighted by Gasteiger charge is -2.12. The van der Waals surface area contributed by atoms with Gasteiger partial charge in [-0.1, -0.05) is 30.0 Å². The molecule has 11 heteroatoms. The maximum atomic E-state index is 13.4. The zero-order valence-electron chi connectivity index (χ0n) is 19.2. The first-order chi connectivity index (χ1) is 17.1. The number of carbonyl (C=O) groups is 2. The summed E-state index contributed by atoms with van der Waals surface area (Å²) in [7, 11) is 1.58. The summed E-state index contributed by atoms with van der Waals surface area (Å²) in [4.78, 5) is 42.7. The summed E-state index contributed by atoms with van der Waals surface area (Å²) < 4.78 is 13.3. The second kappa shape index (κ2) is 12.0. The van der Waals surface area contributed by atoms with Gasteiger partial charge in [0.1, 0.15) is 10.5 Å². The van der Waals surface area contributed by atoms with Crippen LogP contribution in [0.1, 0.15) is 18.6 Å². The maximum Gasteiger partial charge on any atom is 0.272 e. The number of hydrogen-bond donors (Lipinski definition) is 2. The maximum absolute atomic E-state index is 13.4. The van der Waals surface area contributed by atoms with Crippen molar-refractivity contribution in [2.75, 3.05) is 26.0 Å². The quantitative estimate of drug-likeness (QED) is 0.170. The second-order valence-electron chi connectivity index (χ2n) is 7.72. The summed E-state index contributed by atoms with van der Waals surface area (Å²) in [6, 6.07) is 11.3. The largest absolute Gasteiger partial charge is 0.467 e. The van der Waals surface area contributed by atoms with Gasteiger partial charge in [-0.3, -0.25) is 19.0 Å². The molecule has 2 amide bonds. The lowest BCUT2D eigenvalue weighted by Crippen LogP contribution is -2.28. The van der Waals surface area contributed by atoms with E-state index < -0.39 is 0 Å². The number of rotatable bonds is 12. The van der Waals surface area contributed by atoms with Crippen molar-refractivity contribution < 1.29 is 18.7 Å². The van der Waals surface area contributed by atoms with Crippen LogP contribution in [0.5, 0.6) is 0 Å². The van der Waals surface area contributed by atoms with Gasteiger partial charge in [0.05, 0.1) is 30.7 Å². The van der Waals surface area contributed by atoms with Crippen LogP contribution in [0.2, 0.25) is 0 Å². The molecule has 0 fully saturated rings. The van der Waals surface area contributed by atoms with Crippen LogP contribution in [0.3, 0.4) is 0 Å². The zero-order chi connectivity index (χ0) is 24.6. The molecule has 2 N–H and O–H groups in total. The monoisotopic (exact) mass is 514 g/mol. The SMILES string of the molecule is COCCNC(=O)CCCn1c(SCC(=O)NCc2ccco2)nc2c(sc3ccccc32)c1=O. The van der Waals surface area contributed by atoms with Gasteiger partial charge in [-0.15, -0.1) is 11.3 Å².